The van der Waals surface area contributed by atoms with Crippen molar-refractivity contribution in [3.63, 3.8) is 0 Å². The fraction of sp³-hybridized carbons (Fsp3) is 0.800. The number of carbonyl (C=O) groups excluding carboxylic acids is 1. The zero-order chi connectivity index (χ0) is 6.15. The summed E-state index contributed by atoms with van der Waals surface area (Å²) in [6.45, 7) is 0. The molecule has 0 heterocycles. The predicted octanol–water partition coefficient (Wildman–Crippen LogP) is 1.03. The van der Waals surface area contributed by atoms with Crippen LogP contribution >= 0.6 is 0 Å². The molecule has 2 unspecified atom stereocenters. The summed E-state index contributed by atoms with van der Waals surface area (Å²) in [5, 5.41) is 0. The zero-order valence-electron chi connectivity index (χ0n) is 4.23. The molecule has 0 N–H and O–H groups in total. The molecule has 1 fully saturated rings. The van der Waals surface area contributed by atoms with Gasteiger partial charge < -0.3 is 0 Å². The van der Waals surface area contributed by atoms with Gasteiger partial charge >= 0.3 is 0 Å². The summed E-state index contributed by atoms with van der Waals surface area (Å²) < 4.78 is 24.0. The monoisotopic (exact) mass is 120 g/mol. The van der Waals surface area contributed by atoms with E-state index in [1.54, 1.807) is 0 Å². The Hall–Kier alpha value is -0.470. The maximum Gasteiger partial charge on any atom is 0.200 e. The summed E-state index contributed by atoms with van der Waals surface area (Å²) >= 11 is 0. The van der Waals surface area contributed by atoms with E-state index in [1.165, 1.54) is 0 Å². The predicted molar refractivity (Wildman–Crippen MR) is 24.0 cm³/mol. The molecule has 2 atom stereocenters. The van der Waals surface area contributed by atoms with Gasteiger partial charge in [-0.3, -0.25) is 4.79 Å². The number of alkyl halides is 2. The summed E-state index contributed by atoms with van der Waals surface area (Å²) in [6.07, 6.45) is -2.91. The van der Waals surface area contributed by atoms with E-state index in [-0.39, 0.29) is 12.8 Å². The topological polar surface area (TPSA) is 17.1 Å². The van der Waals surface area contributed by atoms with Crippen molar-refractivity contribution in [3.8, 4) is 0 Å². The molecule has 1 aliphatic carbocycles. The highest BCUT2D eigenvalue weighted by Gasteiger charge is 2.33. The lowest BCUT2D eigenvalue weighted by atomic mass is 10.3. The molecule has 0 saturated heterocycles. The van der Waals surface area contributed by atoms with Gasteiger partial charge in [-0.25, -0.2) is 8.78 Å². The number of Topliss-reactive ketones (excluding diaryl/α,β-unsaturated/α-hetero) is 1. The largest absolute Gasteiger partial charge is 0.293 e. The number of halogens is 2. The highest BCUT2D eigenvalue weighted by molar-refractivity contribution is 5.89. The highest BCUT2D eigenvalue weighted by Crippen LogP contribution is 2.20. The third-order valence-electron chi connectivity index (χ3n) is 1.29. The number of ketones is 1. The molecule has 0 aromatic heterocycles. The molecule has 1 aliphatic rings. The highest BCUT2D eigenvalue weighted by atomic mass is 19.1. The van der Waals surface area contributed by atoms with E-state index in [2.05, 4.69) is 0 Å². The summed E-state index contributed by atoms with van der Waals surface area (Å²) in [6, 6.07) is 0. The third-order valence-corrected chi connectivity index (χ3v) is 1.29. The van der Waals surface area contributed by atoms with Crippen molar-refractivity contribution >= 4 is 5.78 Å². The second-order valence-electron chi connectivity index (χ2n) is 1.91. The quantitative estimate of drug-likeness (QED) is 0.466. The Morgan fingerprint density at radius 1 is 1.25 bits per heavy atom. The van der Waals surface area contributed by atoms with Crippen LogP contribution in [-0.2, 0) is 4.79 Å². The molecule has 3 heteroatoms. The van der Waals surface area contributed by atoms with Crippen molar-refractivity contribution in [1.82, 2.24) is 0 Å². The van der Waals surface area contributed by atoms with E-state index in [0.29, 0.717) is 0 Å². The average Bonchev–Trinajstić information content (AvgIpc) is 1.98. The van der Waals surface area contributed by atoms with Crippen molar-refractivity contribution in [3.05, 3.63) is 0 Å². The first-order valence-electron chi connectivity index (χ1n) is 2.53. The van der Waals surface area contributed by atoms with E-state index in [9.17, 15) is 13.6 Å². The minimum atomic E-state index is -1.52. The Morgan fingerprint density at radius 3 is 1.75 bits per heavy atom. The first-order chi connectivity index (χ1) is 3.72. The van der Waals surface area contributed by atoms with Crippen molar-refractivity contribution in [2.24, 2.45) is 0 Å². The summed E-state index contributed by atoms with van der Waals surface area (Å²) in [5.41, 5.74) is 0. The smallest absolute Gasteiger partial charge is 0.200 e. The van der Waals surface area contributed by atoms with Crippen LogP contribution in [0.1, 0.15) is 12.8 Å². The Bertz CT molecular complexity index is 101. The van der Waals surface area contributed by atoms with Gasteiger partial charge in [0.05, 0.1) is 0 Å². The van der Waals surface area contributed by atoms with Gasteiger partial charge in [-0.15, -0.1) is 0 Å². The van der Waals surface area contributed by atoms with E-state index in [1.807, 2.05) is 0 Å². The van der Waals surface area contributed by atoms with E-state index in [0.717, 1.165) is 0 Å². The van der Waals surface area contributed by atoms with Gasteiger partial charge in [-0.1, -0.05) is 0 Å². The van der Waals surface area contributed by atoms with Crippen LogP contribution in [0.4, 0.5) is 8.78 Å². The van der Waals surface area contributed by atoms with Crippen LogP contribution in [0.3, 0.4) is 0 Å². The number of hydrogen-bond donors (Lipinski definition) is 0. The molecule has 46 valence electrons. The summed E-state index contributed by atoms with van der Waals surface area (Å²) in [4.78, 5) is 10.2. The Labute approximate surface area is 45.7 Å². The fourth-order valence-corrected chi connectivity index (χ4v) is 0.773. The SMILES string of the molecule is O=C1C(F)CCC1F. The molecule has 0 amide bonds. The molecule has 0 spiro atoms. The lowest BCUT2D eigenvalue weighted by Crippen LogP contribution is -2.14. The summed E-state index contributed by atoms with van der Waals surface area (Å²) in [7, 11) is 0. The first-order valence-corrected chi connectivity index (χ1v) is 2.53. The Kier molecular flexibility index (Phi) is 1.27. The molecule has 0 bridgehead atoms. The number of rotatable bonds is 0. The lowest BCUT2D eigenvalue weighted by Gasteiger charge is -1.90. The average molecular weight is 120 g/mol. The molecule has 0 aliphatic heterocycles. The van der Waals surface area contributed by atoms with Gasteiger partial charge in [0.2, 0.25) is 5.78 Å². The van der Waals surface area contributed by atoms with Gasteiger partial charge in [0.1, 0.15) is 0 Å². The number of hydrogen-bond acceptors (Lipinski definition) is 1. The van der Waals surface area contributed by atoms with Crippen LogP contribution in [0.2, 0.25) is 0 Å². The molecule has 0 aromatic carbocycles. The normalized spacial score (nSPS) is 38.5. The maximum atomic E-state index is 12.0. The molecule has 1 saturated carbocycles. The second kappa shape index (κ2) is 1.80. The zero-order valence-corrected chi connectivity index (χ0v) is 4.23. The van der Waals surface area contributed by atoms with Gasteiger partial charge in [0.25, 0.3) is 0 Å². The molecule has 1 rings (SSSR count). The van der Waals surface area contributed by atoms with Crippen molar-refractivity contribution < 1.29 is 13.6 Å². The molecule has 1 nitrogen and oxygen atoms in total. The van der Waals surface area contributed by atoms with E-state index >= 15 is 0 Å². The number of carbonyl (C=O) groups is 1. The lowest BCUT2D eigenvalue weighted by molar-refractivity contribution is -0.125. The molecule has 0 aromatic rings. The second-order valence-corrected chi connectivity index (χ2v) is 1.91. The van der Waals surface area contributed by atoms with Crippen LogP contribution in [0, 0.1) is 0 Å². The van der Waals surface area contributed by atoms with Gasteiger partial charge in [-0.05, 0) is 12.8 Å². The van der Waals surface area contributed by atoms with Gasteiger partial charge in [0, 0.05) is 0 Å². The molecular formula is C5H6F2O. The van der Waals surface area contributed by atoms with Gasteiger partial charge in [0.15, 0.2) is 12.3 Å². The molecule has 8 heavy (non-hydrogen) atoms. The standard InChI is InChI=1S/C5H6F2O/c6-3-1-2-4(7)5(3)8/h3-4H,1-2H2. The van der Waals surface area contributed by atoms with E-state index < -0.39 is 18.1 Å². The summed E-state index contributed by atoms with van der Waals surface area (Å²) in [5.74, 6) is -0.870. The van der Waals surface area contributed by atoms with Crippen molar-refractivity contribution in [2.75, 3.05) is 0 Å². The Morgan fingerprint density at radius 2 is 1.62 bits per heavy atom. The van der Waals surface area contributed by atoms with Crippen LogP contribution < -0.4 is 0 Å². The van der Waals surface area contributed by atoms with Crippen LogP contribution in [0.25, 0.3) is 0 Å². The molecular weight excluding hydrogens is 114 g/mol. The van der Waals surface area contributed by atoms with Crippen LogP contribution in [0.15, 0.2) is 0 Å². The third kappa shape index (κ3) is 0.723. The van der Waals surface area contributed by atoms with Crippen LogP contribution in [-0.4, -0.2) is 18.1 Å². The Balaban J connectivity index is 2.57. The minimum absolute atomic E-state index is 0.0694. The van der Waals surface area contributed by atoms with Crippen molar-refractivity contribution in [2.45, 2.75) is 25.2 Å². The maximum absolute atomic E-state index is 12.0. The van der Waals surface area contributed by atoms with Crippen molar-refractivity contribution in [1.29, 1.82) is 0 Å². The van der Waals surface area contributed by atoms with E-state index in [4.69, 9.17) is 0 Å². The van der Waals surface area contributed by atoms with Gasteiger partial charge in [-0.2, -0.15) is 0 Å². The minimum Gasteiger partial charge on any atom is -0.293 e. The molecule has 0 radical (unpaired) electrons. The van der Waals surface area contributed by atoms with Crippen LogP contribution in [0.5, 0.6) is 0 Å². The first kappa shape index (κ1) is 5.66. The fourth-order valence-electron chi connectivity index (χ4n) is 0.773.